The number of benzene rings is 1. The van der Waals surface area contributed by atoms with Crippen LogP contribution in [-0.2, 0) is 4.79 Å². The minimum atomic E-state index is -0.229. The molecule has 8 heteroatoms. The van der Waals surface area contributed by atoms with Crippen molar-refractivity contribution in [2.24, 2.45) is 11.7 Å². The Kier molecular flexibility index (Phi) is 7.92. The summed E-state index contributed by atoms with van der Waals surface area (Å²) in [5.74, 6) is 0.204. The molecule has 1 aliphatic rings. The van der Waals surface area contributed by atoms with Crippen LogP contribution in [0.3, 0.4) is 0 Å². The van der Waals surface area contributed by atoms with Crippen LogP contribution in [0.2, 0.25) is 0 Å². The molecule has 1 aromatic carbocycles. The van der Waals surface area contributed by atoms with Crippen molar-refractivity contribution in [3.63, 3.8) is 0 Å². The van der Waals surface area contributed by atoms with E-state index in [0.29, 0.717) is 54.4 Å². The molecule has 0 bridgehead atoms. The van der Waals surface area contributed by atoms with Crippen LogP contribution in [0.15, 0.2) is 48.3 Å². The molecule has 0 saturated heterocycles. The lowest BCUT2D eigenvalue weighted by atomic mass is 10.0. The van der Waals surface area contributed by atoms with Gasteiger partial charge in [0.15, 0.2) is 0 Å². The van der Waals surface area contributed by atoms with Crippen LogP contribution in [0.1, 0.15) is 48.5 Å². The molecular weight excluding hydrogens is 416 g/mol. The van der Waals surface area contributed by atoms with Crippen LogP contribution in [0, 0.1) is 22.7 Å². The van der Waals surface area contributed by atoms with Gasteiger partial charge in [0.25, 0.3) is 5.91 Å². The maximum absolute atomic E-state index is 12.3. The molecule has 1 aliphatic carbocycles. The largest absolute Gasteiger partial charge is 0.404 e. The lowest BCUT2D eigenvalue weighted by Gasteiger charge is -2.22. The third kappa shape index (κ3) is 6.26. The molecule has 0 atom stereocenters. The highest BCUT2D eigenvalue weighted by atomic mass is 16.2. The third-order valence-corrected chi connectivity index (χ3v) is 5.57. The molecule has 2 aromatic rings. The van der Waals surface area contributed by atoms with Crippen LogP contribution >= 0.6 is 0 Å². The van der Waals surface area contributed by atoms with E-state index >= 15 is 0 Å². The molecule has 3 rings (SSSR count). The molecule has 1 fully saturated rings. The van der Waals surface area contributed by atoms with E-state index in [1.807, 2.05) is 6.07 Å². The number of hydrogen-bond donors (Lipinski definition) is 3. The number of amides is 2. The van der Waals surface area contributed by atoms with Gasteiger partial charge >= 0.3 is 0 Å². The minimum absolute atomic E-state index is 0.0762. The van der Waals surface area contributed by atoms with E-state index in [1.165, 1.54) is 25.5 Å². The Bertz CT molecular complexity index is 1100. The first-order chi connectivity index (χ1) is 16.0. The SMILES string of the molecule is CC(=O)N(CC1CC1)c1ccc(-c2ccc(C(=O)NCCC/C(C=N)=C/N)cn2)cc1C#N. The number of rotatable bonds is 10. The first-order valence-electron chi connectivity index (χ1n) is 10.9. The number of anilines is 1. The summed E-state index contributed by atoms with van der Waals surface area (Å²) in [6, 6.07) is 11.0. The zero-order valence-electron chi connectivity index (χ0n) is 18.7. The standard InChI is InChI=1S/C25H28N6O2/c1-17(32)31(16-18-4-5-18)24-9-7-20(11-22(24)14-28)23-8-6-21(15-30-23)25(33)29-10-2-3-19(12-26)13-27/h6-9,11-13,15,18,26H,2-5,10,16,27H2,1H3,(H,29,33)/b19-13-,26-12?. The highest BCUT2D eigenvalue weighted by molar-refractivity contribution is 5.95. The molecule has 4 N–H and O–H groups in total. The molecule has 2 amide bonds. The number of allylic oxidation sites excluding steroid dienone is 1. The average molecular weight is 445 g/mol. The third-order valence-electron chi connectivity index (χ3n) is 5.57. The van der Waals surface area contributed by atoms with Crippen molar-refractivity contribution in [1.82, 2.24) is 10.3 Å². The number of hydrogen-bond acceptors (Lipinski definition) is 6. The molecule has 1 heterocycles. The topological polar surface area (TPSA) is 136 Å². The van der Waals surface area contributed by atoms with E-state index in [4.69, 9.17) is 11.1 Å². The second kappa shape index (κ2) is 11.0. The van der Waals surface area contributed by atoms with Crippen molar-refractivity contribution < 1.29 is 9.59 Å². The second-order valence-corrected chi connectivity index (χ2v) is 8.09. The minimum Gasteiger partial charge on any atom is -0.404 e. The lowest BCUT2D eigenvalue weighted by molar-refractivity contribution is -0.116. The van der Waals surface area contributed by atoms with Gasteiger partial charge in [-0.25, -0.2) is 0 Å². The molecule has 0 spiro atoms. The van der Waals surface area contributed by atoms with Gasteiger partial charge < -0.3 is 21.4 Å². The van der Waals surface area contributed by atoms with Crippen molar-refractivity contribution in [1.29, 1.82) is 10.7 Å². The van der Waals surface area contributed by atoms with Crippen molar-refractivity contribution in [3.05, 3.63) is 59.4 Å². The van der Waals surface area contributed by atoms with Crippen LogP contribution in [0.4, 0.5) is 5.69 Å². The summed E-state index contributed by atoms with van der Waals surface area (Å²) in [6.07, 6.45) is 7.63. The summed E-state index contributed by atoms with van der Waals surface area (Å²) in [6.45, 7) is 2.62. The van der Waals surface area contributed by atoms with Crippen molar-refractivity contribution in [2.45, 2.75) is 32.6 Å². The molecule has 0 radical (unpaired) electrons. The van der Waals surface area contributed by atoms with E-state index in [0.717, 1.165) is 24.0 Å². The average Bonchev–Trinajstić information content (AvgIpc) is 3.66. The Morgan fingerprint density at radius 1 is 1.33 bits per heavy atom. The fourth-order valence-corrected chi connectivity index (χ4v) is 3.47. The van der Waals surface area contributed by atoms with Crippen LogP contribution in [0.5, 0.6) is 0 Å². The summed E-state index contributed by atoms with van der Waals surface area (Å²) >= 11 is 0. The van der Waals surface area contributed by atoms with Gasteiger partial charge in [0.05, 0.1) is 22.5 Å². The van der Waals surface area contributed by atoms with E-state index in [2.05, 4.69) is 16.4 Å². The Morgan fingerprint density at radius 3 is 2.70 bits per heavy atom. The van der Waals surface area contributed by atoms with E-state index in [-0.39, 0.29) is 11.8 Å². The fraction of sp³-hybridized carbons (Fsp3) is 0.320. The predicted molar refractivity (Wildman–Crippen MR) is 128 cm³/mol. The Morgan fingerprint density at radius 2 is 2.12 bits per heavy atom. The summed E-state index contributed by atoms with van der Waals surface area (Å²) in [7, 11) is 0. The molecule has 170 valence electrons. The number of carbonyl (C=O) groups is 2. The number of nitrogens with one attached hydrogen (secondary N) is 2. The predicted octanol–water partition coefficient (Wildman–Crippen LogP) is 3.39. The van der Waals surface area contributed by atoms with Crippen LogP contribution in [0.25, 0.3) is 11.3 Å². The normalized spacial score (nSPS) is 13.2. The van der Waals surface area contributed by atoms with Gasteiger partial charge in [-0.1, -0.05) is 6.07 Å². The van der Waals surface area contributed by atoms with Gasteiger partial charge in [-0.2, -0.15) is 5.26 Å². The van der Waals surface area contributed by atoms with Crippen LogP contribution in [-0.4, -0.2) is 36.1 Å². The number of nitrogens with zero attached hydrogens (tertiary/aromatic N) is 3. The lowest BCUT2D eigenvalue weighted by Crippen LogP contribution is -2.31. The number of nitriles is 1. The fourth-order valence-electron chi connectivity index (χ4n) is 3.47. The number of aromatic nitrogens is 1. The van der Waals surface area contributed by atoms with E-state index in [9.17, 15) is 14.9 Å². The van der Waals surface area contributed by atoms with Crippen molar-refractivity contribution in [2.75, 3.05) is 18.0 Å². The quantitative estimate of drug-likeness (QED) is 0.381. The van der Waals surface area contributed by atoms with Gasteiger partial charge in [0.1, 0.15) is 6.07 Å². The van der Waals surface area contributed by atoms with E-state index in [1.54, 1.807) is 29.2 Å². The summed E-state index contributed by atoms with van der Waals surface area (Å²) < 4.78 is 0. The smallest absolute Gasteiger partial charge is 0.252 e. The van der Waals surface area contributed by atoms with Crippen molar-refractivity contribution in [3.8, 4) is 17.3 Å². The van der Waals surface area contributed by atoms with Gasteiger partial charge in [-0.05, 0) is 67.6 Å². The molecule has 8 nitrogen and oxygen atoms in total. The van der Waals surface area contributed by atoms with Crippen LogP contribution < -0.4 is 16.0 Å². The van der Waals surface area contributed by atoms with Crippen molar-refractivity contribution >= 4 is 23.7 Å². The monoisotopic (exact) mass is 444 g/mol. The maximum atomic E-state index is 12.3. The van der Waals surface area contributed by atoms with Gasteiger partial charge in [0.2, 0.25) is 5.91 Å². The van der Waals surface area contributed by atoms with Gasteiger partial charge in [-0.3, -0.25) is 14.6 Å². The second-order valence-electron chi connectivity index (χ2n) is 8.09. The highest BCUT2D eigenvalue weighted by Gasteiger charge is 2.27. The molecule has 0 aliphatic heterocycles. The zero-order valence-corrected chi connectivity index (χ0v) is 18.7. The zero-order chi connectivity index (χ0) is 23.8. The number of nitrogens with two attached hydrogens (primary N) is 1. The van der Waals surface area contributed by atoms with Gasteiger partial charge in [0, 0.05) is 38.0 Å². The maximum Gasteiger partial charge on any atom is 0.252 e. The Hall–Kier alpha value is -3.99. The van der Waals surface area contributed by atoms with Gasteiger partial charge in [-0.15, -0.1) is 0 Å². The molecule has 1 saturated carbocycles. The van der Waals surface area contributed by atoms with E-state index < -0.39 is 0 Å². The molecular formula is C25H28N6O2. The number of pyridine rings is 1. The highest BCUT2D eigenvalue weighted by Crippen LogP contribution is 2.33. The molecule has 0 unspecified atom stereocenters. The summed E-state index contributed by atoms with van der Waals surface area (Å²) in [5.41, 5.74) is 8.98. The molecule has 1 aromatic heterocycles. The molecule has 33 heavy (non-hydrogen) atoms. The summed E-state index contributed by atoms with van der Waals surface area (Å²) in [5, 5.41) is 19.7. The first kappa shape index (κ1) is 23.7. The Labute approximate surface area is 193 Å². The number of carbonyl (C=O) groups excluding carboxylic acids is 2. The summed E-state index contributed by atoms with van der Waals surface area (Å²) in [4.78, 5) is 30.5. The Balaban J connectivity index is 1.67. The first-order valence-corrected chi connectivity index (χ1v) is 10.9.